The molecule has 1 N–H and O–H groups in total. The van der Waals surface area contributed by atoms with E-state index in [0.717, 1.165) is 12.1 Å². The summed E-state index contributed by atoms with van der Waals surface area (Å²) in [7, 11) is 0. The third-order valence-corrected chi connectivity index (χ3v) is 2.78. The Morgan fingerprint density at radius 2 is 1.59 bits per heavy atom. The molecule has 0 saturated heterocycles. The summed E-state index contributed by atoms with van der Waals surface area (Å²) in [5.41, 5.74) is 0.222. The fourth-order valence-electron chi connectivity index (χ4n) is 1.46. The van der Waals surface area contributed by atoms with Crippen molar-refractivity contribution in [3.8, 4) is 16.9 Å². The number of aromatic hydroxyl groups is 1. The van der Waals surface area contributed by atoms with E-state index in [1.165, 1.54) is 18.2 Å². The van der Waals surface area contributed by atoms with Crippen LogP contribution in [0, 0.1) is 11.6 Å². The molecular formula is C12H6Cl2F2O. The lowest BCUT2D eigenvalue weighted by Crippen LogP contribution is -1.87. The van der Waals surface area contributed by atoms with Gasteiger partial charge in [-0.3, -0.25) is 0 Å². The fraction of sp³-hybridized carbons (Fsp3) is 0. The van der Waals surface area contributed by atoms with E-state index >= 15 is 0 Å². The van der Waals surface area contributed by atoms with E-state index in [2.05, 4.69) is 0 Å². The molecule has 0 amide bonds. The van der Waals surface area contributed by atoms with Crippen molar-refractivity contribution in [2.24, 2.45) is 0 Å². The lowest BCUT2D eigenvalue weighted by atomic mass is 10.0. The average Bonchev–Trinajstić information content (AvgIpc) is 2.24. The van der Waals surface area contributed by atoms with Crippen molar-refractivity contribution in [1.82, 2.24) is 0 Å². The van der Waals surface area contributed by atoms with Crippen LogP contribution in [0.15, 0.2) is 30.3 Å². The Kier molecular flexibility index (Phi) is 3.22. The highest BCUT2D eigenvalue weighted by Gasteiger charge is 2.13. The highest BCUT2D eigenvalue weighted by molar-refractivity contribution is 6.31. The molecule has 0 aliphatic rings. The zero-order valence-electron chi connectivity index (χ0n) is 8.35. The molecule has 0 atom stereocenters. The van der Waals surface area contributed by atoms with Gasteiger partial charge in [-0.1, -0.05) is 23.2 Å². The number of halogens is 4. The van der Waals surface area contributed by atoms with Gasteiger partial charge in [-0.05, 0) is 24.3 Å². The van der Waals surface area contributed by atoms with Gasteiger partial charge in [0.1, 0.15) is 17.4 Å². The van der Waals surface area contributed by atoms with Gasteiger partial charge in [-0.2, -0.15) is 0 Å². The summed E-state index contributed by atoms with van der Waals surface area (Å²) >= 11 is 11.2. The summed E-state index contributed by atoms with van der Waals surface area (Å²) in [6.45, 7) is 0. The molecule has 2 aromatic rings. The molecule has 88 valence electrons. The average molecular weight is 275 g/mol. The van der Waals surface area contributed by atoms with Crippen LogP contribution in [0.5, 0.6) is 5.75 Å². The minimum Gasteiger partial charge on any atom is -0.507 e. The summed E-state index contributed by atoms with van der Waals surface area (Å²) in [5, 5.41) is 9.61. The number of hydrogen-bond acceptors (Lipinski definition) is 1. The zero-order valence-corrected chi connectivity index (χ0v) is 9.86. The normalized spacial score (nSPS) is 10.6. The molecule has 0 aliphatic carbocycles. The second kappa shape index (κ2) is 4.51. The Labute approximate surface area is 106 Å². The summed E-state index contributed by atoms with van der Waals surface area (Å²) in [6.07, 6.45) is 0. The van der Waals surface area contributed by atoms with Gasteiger partial charge in [0.2, 0.25) is 0 Å². The van der Waals surface area contributed by atoms with Crippen LogP contribution >= 0.6 is 23.2 Å². The summed E-state index contributed by atoms with van der Waals surface area (Å²) in [4.78, 5) is 0. The molecule has 0 heterocycles. The van der Waals surface area contributed by atoms with E-state index in [-0.39, 0.29) is 26.9 Å². The van der Waals surface area contributed by atoms with Crippen LogP contribution in [0.4, 0.5) is 8.78 Å². The van der Waals surface area contributed by atoms with Crippen molar-refractivity contribution >= 4 is 23.2 Å². The summed E-state index contributed by atoms with van der Waals surface area (Å²) in [6, 6.07) is 5.97. The molecule has 2 aromatic carbocycles. The number of rotatable bonds is 1. The van der Waals surface area contributed by atoms with E-state index in [1.807, 2.05) is 0 Å². The highest BCUT2D eigenvalue weighted by atomic mass is 35.5. The van der Waals surface area contributed by atoms with E-state index in [0.29, 0.717) is 0 Å². The Hall–Kier alpha value is -1.32. The molecule has 0 aromatic heterocycles. The maximum atomic E-state index is 13.6. The van der Waals surface area contributed by atoms with Crippen LogP contribution in [0.25, 0.3) is 11.1 Å². The van der Waals surface area contributed by atoms with Gasteiger partial charge in [-0.15, -0.1) is 0 Å². The number of phenols is 1. The van der Waals surface area contributed by atoms with Gasteiger partial charge in [-0.25, -0.2) is 8.78 Å². The predicted molar refractivity (Wildman–Crippen MR) is 63.5 cm³/mol. The molecular weight excluding hydrogens is 269 g/mol. The quantitative estimate of drug-likeness (QED) is 0.803. The number of hydrogen-bond donors (Lipinski definition) is 1. The van der Waals surface area contributed by atoms with Crippen LogP contribution in [-0.2, 0) is 0 Å². The van der Waals surface area contributed by atoms with Gasteiger partial charge in [0.05, 0.1) is 5.02 Å². The van der Waals surface area contributed by atoms with Crippen LogP contribution in [0.3, 0.4) is 0 Å². The van der Waals surface area contributed by atoms with Crippen molar-refractivity contribution in [3.63, 3.8) is 0 Å². The van der Waals surface area contributed by atoms with Gasteiger partial charge >= 0.3 is 0 Å². The molecule has 0 spiro atoms. The number of benzene rings is 2. The van der Waals surface area contributed by atoms with Crippen molar-refractivity contribution in [2.75, 3.05) is 0 Å². The van der Waals surface area contributed by atoms with E-state index < -0.39 is 11.6 Å². The predicted octanol–water partition coefficient (Wildman–Crippen LogP) is 4.64. The molecule has 2 rings (SSSR count). The second-order valence-electron chi connectivity index (χ2n) is 3.41. The topological polar surface area (TPSA) is 20.2 Å². The molecule has 17 heavy (non-hydrogen) atoms. The first-order valence-electron chi connectivity index (χ1n) is 4.62. The standard InChI is InChI=1S/C12H6Cl2F2O/c13-6-1-2-7(10(15)3-6)8-4-9(14)11(16)5-12(8)17/h1-5,17H. The maximum absolute atomic E-state index is 13.6. The van der Waals surface area contributed by atoms with E-state index in [1.54, 1.807) is 0 Å². The van der Waals surface area contributed by atoms with Gasteiger partial charge in [0.25, 0.3) is 0 Å². The minimum absolute atomic E-state index is 0.105. The number of phenolic OH excluding ortho intramolecular Hbond substituents is 1. The van der Waals surface area contributed by atoms with Gasteiger partial charge < -0.3 is 5.11 Å². The lowest BCUT2D eigenvalue weighted by molar-refractivity contribution is 0.470. The van der Waals surface area contributed by atoms with Crippen molar-refractivity contribution < 1.29 is 13.9 Å². The van der Waals surface area contributed by atoms with Crippen LogP contribution in [0.2, 0.25) is 10.0 Å². The highest BCUT2D eigenvalue weighted by Crippen LogP contribution is 2.35. The molecule has 0 aliphatic heterocycles. The molecule has 5 heteroatoms. The SMILES string of the molecule is Oc1cc(F)c(Cl)cc1-c1ccc(Cl)cc1F. The van der Waals surface area contributed by atoms with Gasteiger partial charge in [0.15, 0.2) is 0 Å². The fourth-order valence-corrected chi connectivity index (χ4v) is 1.78. The summed E-state index contributed by atoms with van der Waals surface area (Å²) in [5.74, 6) is -1.76. The van der Waals surface area contributed by atoms with Crippen molar-refractivity contribution in [3.05, 3.63) is 52.0 Å². The van der Waals surface area contributed by atoms with Crippen molar-refractivity contribution in [1.29, 1.82) is 0 Å². The Morgan fingerprint density at radius 3 is 2.24 bits per heavy atom. The van der Waals surface area contributed by atoms with E-state index in [9.17, 15) is 13.9 Å². The Bertz CT molecular complexity index is 585. The Balaban J connectivity index is 2.64. The first-order valence-corrected chi connectivity index (χ1v) is 5.38. The minimum atomic E-state index is -0.762. The monoisotopic (exact) mass is 274 g/mol. The third kappa shape index (κ3) is 2.35. The van der Waals surface area contributed by atoms with E-state index in [4.69, 9.17) is 23.2 Å². The first-order chi connectivity index (χ1) is 7.99. The van der Waals surface area contributed by atoms with Crippen LogP contribution in [-0.4, -0.2) is 5.11 Å². The molecule has 0 bridgehead atoms. The van der Waals surface area contributed by atoms with Crippen LogP contribution < -0.4 is 0 Å². The van der Waals surface area contributed by atoms with Crippen molar-refractivity contribution in [2.45, 2.75) is 0 Å². The lowest BCUT2D eigenvalue weighted by Gasteiger charge is -2.07. The molecule has 0 radical (unpaired) electrons. The maximum Gasteiger partial charge on any atom is 0.145 e. The zero-order chi connectivity index (χ0) is 12.6. The summed E-state index contributed by atoms with van der Waals surface area (Å²) < 4.78 is 26.6. The first kappa shape index (κ1) is 12.1. The second-order valence-corrected chi connectivity index (χ2v) is 4.25. The molecule has 0 unspecified atom stereocenters. The molecule has 1 nitrogen and oxygen atoms in total. The molecule has 0 saturated carbocycles. The third-order valence-electron chi connectivity index (χ3n) is 2.26. The molecule has 0 fully saturated rings. The largest absolute Gasteiger partial charge is 0.507 e. The van der Waals surface area contributed by atoms with Gasteiger partial charge in [0, 0.05) is 22.2 Å². The smallest absolute Gasteiger partial charge is 0.145 e. The Morgan fingerprint density at radius 1 is 0.882 bits per heavy atom. The van der Waals surface area contributed by atoms with Crippen LogP contribution in [0.1, 0.15) is 0 Å².